The second-order valence-corrected chi connectivity index (χ2v) is 4.63. The molecule has 0 bridgehead atoms. The highest BCUT2D eigenvalue weighted by Crippen LogP contribution is 2.20. The van der Waals surface area contributed by atoms with Crippen LogP contribution in [0.1, 0.15) is 23.7 Å². The van der Waals surface area contributed by atoms with Gasteiger partial charge in [0.15, 0.2) is 0 Å². The first-order valence-electron chi connectivity index (χ1n) is 4.26. The van der Waals surface area contributed by atoms with E-state index in [1.807, 2.05) is 13.0 Å². The molecule has 0 saturated carbocycles. The Labute approximate surface area is 99.9 Å². The topological polar surface area (TPSA) is 26.3 Å². The van der Waals surface area contributed by atoms with Gasteiger partial charge in [0.1, 0.15) is 0 Å². The van der Waals surface area contributed by atoms with Crippen molar-refractivity contribution in [2.24, 2.45) is 0 Å². The van der Waals surface area contributed by atoms with Crippen LogP contribution in [-0.4, -0.2) is 12.6 Å². The van der Waals surface area contributed by atoms with Crippen LogP contribution in [0, 0.1) is 0 Å². The van der Waals surface area contributed by atoms with E-state index in [-0.39, 0.29) is 5.97 Å². The van der Waals surface area contributed by atoms with E-state index in [0.717, 1.165) is 15.4 Å². The maximum atomic E-state index is 11.4. The highest BCUT2D eigenvalue weighted by atomic mass is 79.9. The number of carbonyl (C=O) groups excluding carboxylic acids is 1. The molecule has 14 heavy (non-hydrogen) atoms. The Morgan fingerprint density at radius 2 is 1.86 bits per heavy atom. The van der Waals surface area contributed by atoms with Crippen molar-refractivity contribution in [3.8, 4) is 0 Å². The SMILES string of the molecule is CCCOC(=O)c1cc(Br)cc(Br)c1. The van der Waals surface area contributed by atoms with Gasteiger partial charge in [-0.05, 0) is 24.6 Å². The first-order chi connectivity index (χ1) is 6.63. The highest BCUT2D eigenvalue weighted by molar-refractivity contribution is 9.11. The molecule has 0 N–H and O–H groups in total. The summed E-state index contributed by atoms with van der Waals surface area (Å²) in [7, 11) is 0. The van der Waals surface area contributed by atoms with Gasteiger partial charge in [0.25, 0.3) is 0 Å². The Bertz CT molecular complexity index is 317. The van der Waals surface area contributed by atoms with Gasteiger partial charge >= 0.3 is 5.97 Å². The standard InChI is InChI=1S/C10H10Br2O2/c1-2-3-14-10(13)7-4-8(11)6-9(12)5-7/h4-6H,2-3H2,1H3. The minimum Gasteiger partial charge on any atom is -0.462 e. The zero-order valence-electron chi connectivity index (χ0n) is 7.72. The molecule has 0 aliphatic rings. The third-order valence-electron chi connectivity index (χ3n) is 1.54. The van der Waals surface area contributed by atoms with Crippen LogP contribution in [0.5, 0.6) is 0 Å². The normalized spacial score (nSPS) is 9.93. The van der Waals surface area contributed by atoms with Crippen molar-refractivity contribution in [1.82, 2.24) is 0 Å². The van der Waals surface area contributed by atoms with Crippen LogP contribution in [0.4, 0.5) is 0 Å². The molecule has 1 rings (SSSR count). The van der Waals surface area contributed by atoms with E-state index in [2.05, 4.69) is 31.9 Å². The molecule has 4 heteroatoms. The maximum Gasteiger partial charge on any atom is 0.338 e. The minimum atomic E-state index is -0.283. The number of hydrogen-bond donors (Lipinski definition) is 0. The van der Waals surface area contributed by atoms with Crippen LogP contribution >= 0.6 is 31.9 Å². The van der Waals surface area contributed by atoms with Crippen molar-refractivity contribution >= 4 is 37.8 Å². The lowest BCUT2D eigenvalue weighted by Gasteiger charge is -2.03. The van der Waals surface area contributed by atoms with Gasteiger partial charge in [-0.3, -0.25) is 0 Å². The van der Waals surface area contributed by atoms with Gasteiger partial charge in [0, 0.05) is 8.95 Å². The van der Waals surface area contributed by atoms with Crippen LogP contribution in [0.15, 0.2) is 27.1 Å². The number of ether oxygens (including phenoxy) is 1. The fourth-order valence-corrected chi connectivity index (χ4v) is 2.24. The zero-order chi connectivity index (χ0) is 10.6. The largest absolute Gasteiger partial charge is 0.462 e. The van der Waals surface area contributed by atoms with Crippen molar-refractivity contribution in [3.05, 3.63) is 32.7 Å². The molecule has 0 radical (unpaired) electrons. The quantitative estimate of drug-likeness (QED) is 0.792. The lowest BCUT2D eigenvalue weighted by Crippen LogP contribution is -2.05. The van der Waals surface area contributed by atoms with Crippen molar-refractivity contribution in [1.29, 1.82) is 0 Å². The molecular weight excluding hydrogens is 312 g/mol. The minimum absolute atomic E-state index is 0.283. The highest BCUT2D eigenvalue weighted by Gasteiger charge is 2.07. The number of carbonyl (C=O) groups is 1. The average Bonchev–Trinajstić information content (AvgIpc) is 2.12. The van der Waals surface area contributed by atoms with Crippen LogP contribution in [0.25, 0.3) is 0 Å². The van der Waals surface area contributed by atoms with E-state index in [0.29, 0.717) is 12.2 Å². The summed E-state index contributed by atoms with van der Waals surface area (Å²) in [6.45, 7) is 2.42. The summed E-state index contributed by atoms with van der Waals surface area (Å²) in [6.07, 6.45) is 0.834. The summed E-state index contributed by atoms with van der Waals surface area (Å²) in [5.74, 6) is -0.283. The molecule has 0 aliphatic carbocycles. The Morgan fingerprint density at radius 1 is 1.29 bits per heavy atom. The molecule has 0 unspecified atom stereocenters. The van der Waals surface area contributed by atoms with Crippen molar-refractivity contribution in [2.45, 2.75) is 13.3 Å². The Balaban J connectivity index is 2.79. The van der Waals surface area contributed by atoms with Gasteiger partial charge in [-0.25, -0.2) is 4.79 Å². The lowest BCUT2D eigenvalue weighted by molar-refractivity contribution is 0.0505. The number of rotatable bonds is 3. The summed E-state index contributed by atoms with van der Waals surface area (Å²) in [5, 5.41) is 0. The van der Waals surface area contributed by atoms with E-state index in [9.17, 15) is 4.79 Å². The van der Waals surface area contributed by atoms with Crippen molar-refractivity contribution < 1.29 is 9.53 Å². The Hall–Kier alpha value is -0.350. The molecular formula is C10H10Br2O2. The summed E-state index contributed by atoms with van der Waals surface area (Å²) < 4.78 is 6.72. The van der Waals surface area contributed by atoms with Gasteiger partial charge in [0.2, 0.25) is 0 Å². The van der Waals surface area contributed by atoms with Crippen LogP contribution in [-0.2, 0) is 4.74 Å². The third-order valence-corrected chi connectivity index (χ3v) is 2.45. The van der Waals surface area contributed by atoms with Crippen molar-refractivity contribution in [3.63, 3.8) is 0 Å². The molecule has 1 aromatic rings. The molecule has 0 heterocycles. The van der Waals surface area contributed by atoms with E-state index in [1.165, 1.54) is 0 Å². The van der Waals surface area contributed by atoms with Crippen LogP contribution in [0.3, 0.4) is 0 Å². The van der Waals surface area contributed by atoms with Gasteiger partial charge in [-0.2, -0.15) is 0 Å². The molecule has 2 nitrogen and oxygen atoms in total. The zero-order valence-corrected chi connectivity index (χ0v) is 10.9. The smallest absolute Gasteiger partial charge is 0.338 e. The van der Waals surface area contributed by atoms with Gasteiger partial charge < -0.3 is 4.74 Å². The average molecular weight is 322 g/mol. The Kier molecular flexibility index (Phi) is 4.62. The molecule has 0 amide bonds. The number of hydrogen-bond acceptors (Lipinski definition) is 2. The first-order valence-corrected chi connectivity index (χ1v) is 5.85. The first kappa shape index (κ1) is 11.7. The van der Waals surface area contributed by atoms with Gasteiger partial charge in [-0.1, -0.05) is 38.8 Å². The van der Waals surface area contributed by atoms with E-state index in [1.54, 1.807) is 12.1 Å². The molecule has 0 spiro atoms. The summed E-state index contributed by atoms with van der Waals surface area (Å²) in [6, 6.07) is 5.35. The number of benzene rings is 1. The monoisotopic (exact) mass is 320 g/mol. The Morgan fingerprint density at radius 3 is 2.36 bits per heavy atom. The maximum absolute atomic E-state index is 11.4. The predicted molar refractivity (Wildman–Crippen MR) is 62.4 cm³/mol. The summed E-state index contributed by atoms with van der Waals surface area (Å²) >= 11 is 6.62. The fourth-order valence-electron chi connectivity index (χ4n) is 0.950. The fraction of sp³-hybridized carbons (Fsp3) is 0.300. The molecule has 0 saturated heterocycles. The molecule has 1 aromatic carbocycles. The third kappa shape index (κ3) is 3.42. The summed E-state index contributed by atoms with van der Waals surface area (Å²) in [5.41, 5.74) is 0.555. The molecule has 0 atom stereocenters. The van der Waals surface area contributed by atoms with Gasteiger partial charge in [0.05, 0.1) is 12.2 Å². The van der Waals surface area contributed by atoms with Crippen molar-refractivity contribution in [2.75, 3.05) is 6.61 Å². The lowest BCUT2D eigenvalue weighted by atomic mass is 10.2. The van der Waals surface area contributed by atoms with Crippen LogP contribution < -0.4 is 0 Å². The number of halogens is 2. The van der Waals surface area contributed by atoms with E-state index in [4.69, 9.17) is 4.74 Å². The van der Waals surface area contributed by atoms with E-state index < -0.39 is 0 Å². The molecule has 76 valence electrons. The molecule has 0 fully saturated rings. The second-order valence-electron chi connectivity index (χ2n) is 2.79. The molecule has 0 aliphatic heterocycles. The van der Waals surface area contributed by atoms with Crippen LogP contribution in [0.2, 0.25) is 0 Å². The second kappa shape index (κ2) is 5.51. The van der Waals surface area contributed by atoms with E-state index >= 15 is 0 Å². The van der Waals surface area contributed by atoms with Gasteiger partial charge in [-0.15, -0.1) is 0 Å². The predicted octanol–water partition coefficient (Wildman–Crippen LogP) is 3.78. The summed E-state index contributed by atoms with van der Waals surface area (Å²) in [4.78, 5) is 11.4. The number of esters is 1. The molecule has 0 aromatic heterocycles.